The van der Waals surface area contributed by atoms with Crippen molar-refractivity contribution >= 4 is 44.3 Å². The van der Waals surface area contributed by atoms with Gasteiger partial charge in [0.25, 0.3) is 11.8 Å². The van der Waals surface area contributed by atoms with Gasteiger partial charge in [0.05, 0.1) is 17.1 Å². The third-order valence-electron chi connectivity index (χ3n) is 6.46. The van der Waals surface area contributed by atoms with Gasteiger partial charge in [0.15, 0.2) is 0 Å². The fourth-order valence-electron chi connectivity index (χ4n) is 4.47. The fraction of sp³-hybridized carbons (Fsp3) is 0.519. The van der Waals surface area contributed by atoms with E-state index in [1.165, 1.54) is 39.9 Å². The lowest BCUT2D eigenvalue weighted by molar-refractivity contribution is 0.0924. The minimum atomic E-state index is -3.67. The second-order valence-corrected chi connectivity index (χ2v) is 12.6. The molecule has 2 aromatic rings. The van der Waals surface area contributed by atoms with Crippen molar-refractivity contribution in [1.82, 2.24) is 14.5 Å². The lowest BCUT2D eigenvalue weighted by Crippen LogP contribution is -2.36. The molecule has 0 bridgehead atoms. The number of imide groups is 1. The van der Waals surface area contributed by atoms with Gasteiger partial charge in [-0.3, -0.25) is 19.8 Å². The second kappa shape index (κ2) is 13.5. The number of amides is 3. The molecular formula is C27H38N4O6S2. The van der Waals surface area contributed by atoms with Crippen molar-refractivity contribution in [2.45, 2.75) is 71.4 Å². The number of hydrogen-bond donors (Lipinski definition) is 2. The third-order valence-corrected chi connectivity index (χ3v) is 9.51. The molecule has 0 unspecified atom stereocenters. The number of nitrogens with zero attached hydrogens (tertiary/aromatic N) is 2. The number of carbonyl (C=O) groups is 3. The molecule has 0 aliphatic carbocycles. The summed E-state index contributed by atoms with van der Waals surface area (Å²) < 4.78 is 32.4. The van der Waals surface area contributed by atoms with Gasteiger partial charge in [0.1, 0.15) is 5.00 Å². The molecule has 0 atom stereocenters. The molecule has 1 aliphatic heterocycles. The van der Waals surface area contributed by atoms with Gasteiger partial charge in [-0.05, 0) is 69.9 Å². The van der Waals surface area contributed by atoms with Gasteiger partial charge in [-0.1, -0.05) is 13.8 Å². The van der Waals surface area contributed by atoms with E-state index in [0.29, 0.717) is 49.9 Å². The molecule has 2 heterocycles. The Bertz CT molecular complexity index is 1280. The zero-order chi connectivity index (χ0) is 28.7. The Kier molecular flexibility index (Phi) is 10.6. The maximum absolute atomic E-state index is 13.2. The summed E-state index contributed by atoms with van der Waals surface area (Å²) in [5, 5.41) is 5.41. The molecule has 3 amide bonds. The first-order chi connectivity index (χ1) is 18.5. The molecule has 2 N–H and O–H groups in total. The van der Waals surface area contributed by atoms with E-state index in [4.69, 9.17) is 4.74 Å². The quantitative estimate of drug-likeness (QED) is 0.403. The molecule has 39 heavy (non-hydrogen) atoms. The van der Waals surface area contributed by atoms with Crippen LogP contribution >= 0.6 is 11.3 Å². The fourth-order valence-corrected chi connectivity index (χ4v) is 7.36. The largest absolute Gasteiger partial charge is 0.450 e. The molecule has 0 spiro atoms. The molecule has 1 aromatic heterocycles. The van der Waals surface area contributed by atoms with Crippen LogP contribution in [0.4, 0.5) is 9.80 Å². The molecule has 3 rings (SSSR count). The van der Waals surface area contributed by atoms with Crippen molar-refractivity contribution in [3.8, 4) is 0 Å². The summed E-state index contributed by atoms with van der Waals surface area (Å²) in [7, 11) is -3.67. The van der Waals surface area contributed by atoms with Gasteiger partial charge in [-0.15, -0.1) is 11.3 Å². The SMILES string of the molecule is CCCN(CCC)S(=O)(=O)c1ccc(C(=O)Nc2sc3c(c2C(=O)NC(=O)OCC)CCN(C(C)C)C3)cc1. The molecule has 0 radical (unpaired) electrons. The molecule has 0 fully saturated rings. The van der Waals surface area contributed by atoms with Crippen LogP contribution in [0, 0.1) is 0 Å². The third kappa shape index (κ3) is 7.24. The smallest absolute Gasteiger partial charge is 0.414 e. The number of sulfonamides is 1. The molecule has 10 nitrogen and oxygen atoms in total. The number of rotatable bonds is 11. The molecule has 0 saturated heterocycles. The standard InChI is InChI=1S/C27H38N4O6S2/c1-6-14-31(15-7-2)39(35,36)20-11-9-19(10-12-20)24(32)28-26-23(25(33)29-27(34)37-8-3)21-13-16-30(18(4)5)17-22(21)38-26/h9-12,18H,6-8,13-17H2,1-5H3,(H,28,32)(H,29,33,34). The zero-order valence-electron chi connectivity index (χ0n) is 23.2. The van der Waals surface area contributed by atoms with Crippen LogP contribution in [0.25, 0.3) is 0 Å². The Balaban J connectivity index is 1.88. The molecule has 12 heteroatoms. The first-order valence-electron chi connectivity index (χ1n) is 13.3. The predicted octanol–water partition coefficient (Wildman–Crippen LogP) is 4.46. The van der Waals surface area contributed by atoms with Crippen LogP contribution < -0.4 is 10.6 Å². The van der Waals surface area contributed by atoms with Crippen LogP contribution in [0.5, 0.6) is 0 Å². The zero-order valence-corrected chi connectivity index (χ0v) is 24.8. The highest BCUT2D eigenvalue weighted by Gasteiger charge is 2.31. The summed E-state index contributed by atoms with van der Waals surface area (Å²) in [5.74, 6) is -1.12. The average Bonchev–Trinajstić information content (AvgIpc) is 3.25. The Hall–Kier alpha value is -2.80. The summed E-state index contributed by atoms with van der Waals surface area (Å²) in [6, 6.07) is 6.10. The van der Waals surface area contributed by atoms with Gasteiger partial charge < -0.3 is 10.1 Å². The van der Waals surface area contributed by atoms with Gasteiger partial charge in [-0.2, -0.15) is 4.31 Å². The van der Waals surface area contributed by atoms with Crippen molar-refractivity contribution in [2.75, 3.05) is 31.6 Å². The molecule has 1 aliphatic rings. The Morgan fingerprint density at radius 3 is 2.26 bits per heavy atom. The van der Waals surface area contributed by atoms with Crippen molar-refractivity contribution < 1.29 is 27.5 Å². The highest BCUT2D eigenvalue weighted by Crippen LogP contribution is 2.38. The second-order valence-electron chi connectivity index (χ2n) is 9.58. The van der Waals surface area contributed by atoms with Crippen molar-refractivity contribution in [1.29, 1.82) is 0 Å². The van der Waals surface area contributed by atoms with E-state index in [-0.39, 0.29) is 22.6 Å². The summed E-state index contributed by atoms with van der Waals surface area (Å²) in [6.07, 6.45) is 1.15. The molecular weight excluding hydrogens is 540 g/mol. The summed E-state index contributed by atoms with van der Waals surface area (Å²) in [4.78, 5) is 41.6. The van der Waals surface area contributed by atoms with Crippen molar-refractivity contribution in [3.63, 3.8) is 0 Å². The van der Waals surface area contributed by atoms with E-state index >= 15 is 0 Å². The van der Waals surface area contributed by atoms with Crippen molar-refractivity contribution in [3.05, 3.63) is 45.8 Å². The van der Waals surface area contributed by atoms with Crippen LogP contribution in [0.15, 0.2) is 29.2 Å². The maximum Gasteiger partial charge on any atom is 0.414 e. The van der Waals surface area contributed by atoms with E-state index in [1.54, 1.807) is 6.92 Å². The number of anilines is 1. The Labute approximate surface area is 234 Å². The van der Waals surface area contributed by atoms with Crippen LogP contribution in [-0.4, -0.2) is 67.8 Å². The first-order valence-corrected chi connectivity index (χ1v) is 15.6. The Morgan fingerprint density at radius 1 is 1.05 bits per heavy atom. The topological polar surface area (TPSA) is 125 Å². The minimum absolute atomic E-state index is 0.119. The highest BCUT2D eigenvalue weighted by molar-refractivity contribution is 7.89. The van der Waals surface area contributed by atoms with Gasteiger partial charge >= 0.3 is 6.09 Å². The number of thiophene rings is 1. The van der Waals surface area contributed by atoms with E-state index in [1.807, 2.05) is 13.8 Å². The average molecular weight is 579 g/mol. The van der Waals surface area contributed by atoms with Crippen molar-refractivity contribution in [2.24, 2.45) is 0 Å². The van der Waals surface area contributed by atoms with Gasteiger partial charge in [-0.25, -0.2) is 13.2 Å². The Morgan fingerprint density at radius 2 is 1.69 bits per heavy atom. The molecule has 214 valence electrons. The van der Waals surface area contributed by atoms with Gasteiger partial charge in [0.2, 0.25) is 10.0 Å². The minimum Gasteiger partial charge on any atom is -0.450 e. The lowest BCUT2D eigenvalue weighted by Gasteiger charge is -2.30. The number of ether oxygens (including phenoxy) is 1. The number of fused-ring (bicyclic) bond motifs is 1. The number of hydrogen-bond acceptors (Lipinski definition) is 8. The predicted molar refractivity (Wildman–Crippen MR) is 152 cm³/mol. The van der Waals surface area contributed by atoms with E-state index < -0.39 is 27.9 Å². The maximum atomic E-state index is 13.2. The molecule has 0 saturated carbocycles. The molecule has 1 aromatic carbocycles. The van der Waals surface area contributed by atoms with Crippen LogP contribution in [0.2, 0.25) is 0 Å². The van der Waals surface area contributed by atoms with Crippen LogP contribution in [-0.2, 0) is 27.7 Å². The van der Waals surface area contributed by atoms with E-state index in [0.717, 1.165) is 17.0 Å². The van der Waals surface area contributed by atoms with E-state index in [2.05, 4.69) is 29.4 Å². The van der Waals surface area contributed by atoms with E-state index in [9.17, 15) is 22.8 Å². The lowest BCUT2D eigenvalue weighted by atomic mass is 10.0. The number of nitrogens with one attached hydrogen (secondary N) is 2. The summed E-state index contributed by atoms with van der Waals surface area (Å²) in [5.41, 5.74) is 1.31. The number of benzene rings is 1. The van der Waals surface area contributed by atoms with Crippen LogP contribution in [0.3, 0.4) is 0 Å². The van der Waals surface area contributed by atoms with Gasteiger partial charge in [0, 0.05) is 42.7 Å². The number of alkyl carbamates (subject to hydrolysis) is 1. The summed E-state index contributed by atoms with van der Waals surface area (Å²) >= 11 is 1.31. The highest BCUT2D eigenvalue weighted by atomic mass is 32.2. The first kappa shape index (κ1) is 30.7. The van der Waals surface area contributed by atoms with Crippen LogP contribution in [0.1, 0.15) is 78.6 Å². The monoisotopic (exact) mass is 578 g/mol. The normalized spacial score (nSPS) is 13.8. The number of carbonyl (C=O) groups excluding carboxylic acids is 3. The summed E-state index contributed by atoms with van der Waals surface area (Å²) in [6.45, 7) is 12.0.